The van der Waals surface area contributed by atoms with E-state index >= 15 is 0 Å². The van der Waals surface area contributed by atoms with Gasteiger partial charge in [0.05, 0.1) is 33.9 Å². The van der Waals surface area contributed by atoms with Crippen LogP contribution in [-0.2, 0) is 0 Å². The highest BCUT2D eigenvalue weighted by atomic mass is 32.1. The van der Waals surface area contributed by atoms with Crippen molar-refractivity contribution >= 4 is 40.3 Å². The maximum atomic E-state index is 12.0. The standard InChI is InChI=1S/C39H26N4O4S/c44-38(45)27-18-20-41-33(22-27)35-24-28(39(46)47)23-34(42-35)32-21-26(17-19-40-32)37-16-15-36(48-37)25-11-13-31(14-12-25)43(29-7-3-1-4-8-29)30-9-5-2-6-10-30/h1-24H,(H,44,45)(H,46,47). The van der Waals surface area contributed by atoms with Crippen LogP contribution in [0.25, 0.3) is 43.7 Å². The van der Waals surface area contributed by atoms with Gasteiger partial charge in [-0.3, -0.25) is 9.97 Å². The Labute approximate surface area is 279 Å². The van der Waals surface area contributed by atoms with Crippen LogP contribution >= 0.6 is 11.3 Å². The molecule has 2 N–H and O–H groups in total. The zero-order chi connectivity index (χ0) is 33.0. The maximum Gasteiger partial charge on any atom is 0.335 e. The average molecular weight is 647 g/mol. The Morgan fingerprint density at radius 2 is 1.00 bits per heavy atom. The van der Waals surface area contributed by atoms with Gasteiger partial charge in [-0.1, -0.05) is 48.5 Å². The minimum absolute atomic E-state index is 0.00955. The highest BCUT2D eigenvalue weighted by molar-refractivity contribution is 7.18. The molecule has 0 saturated heterocycles. The Balaban J connectivity index is 1.19. The Morgan fingerprint density at radius 3 is 1.58 bits per heavy atom. The number of benzene rings is 3. The molecule has 3 aromatic carbocycles. The largest absolute Gasteiger partial charge is 0.478 e. The van der Waals surface area contributed by atoms with E-state index in [-0.39, 0.29) is 22.5 Å². The zero-order valence-electron chi connectivity index (χ0n) is 25.3. The number of hydrogen-bond acceptors (Lipinski definition) is 7. The van der Waals surface area contributed by atoms with Crippen LogP contribution in [0.3, 0.4) is 0 Å². The van der Waals surface area contributed by atoms with Crippen molar-refractivity contribution in [2.75, 3.05) is 4.90 Å². The van der Waals surface area contributed by atoms with Crippen molar-refractivity contribution in [3.05, 3.63) is 157 Å². The van der Waals surface area contributed by atoms with E-state index in [0.29, 0.717) is 11.4 Å². The lowest BCUT2D eigenvalue weighted by molar-refractivity contribution is 0.0686. The molecule has 0 bridgehead atoms. The van der Waals surface area contributed by atoms with E-state index in [1.165, 1.54) is 30.5 Å². The van der Waals surface area contributed by atoms with Gasteiger partial charge in [0.25, 0.3) is 0 Å². The first-order valence-electron chi connectivity index (χ1n) is 15.0. The van der Waals surface area contributed by atoms with Crippen molar-refractivity contribution in [3.8, 4) is 43.7 Å². The van der Waals surface area contributed by atoms with Crippen molar-refractivity contribution in [1.29, 1.82) is 0 Å². The Hall–Kier alpha value is -6.45. The molecular formula is C39H26N4O4S. The molecule has 0 aliphatic carbocycles. The molecule has 0 aliphatic rings. The molecule has 8 nitrogen and oxygen atoms in total. The lowest BCUT2D eigenvalue weighted by Gasteiger charge is -2.25. The van der Waals surface area contributed by atoms with Gasteiger partial charge in [-0.15, -0.1) is 11.3 Å². The molecule has 0 unspecified atom stereocenters. The molecule has 4 heterocycles. The third-order valence-corrected chi connectivity index (χ3v) is 8.88. The van der Waals surface area contributed by atoms with Crippen LogP contribution in [0.1, 0.15) is 20.7 Å². The number of nitrogens with zero attached hydrogens (tertiary/aromatic N) is 4. The molecule has 0 fully saturated rings. The fraction of sp³-hybridized carbons (Fsp3) is 0. The van der Waals surface area contributed by atoms with Gasteiger partial charge in [-0.25, -0.2) is 14.6 Å². The van der Waals surface area contributed by atoms with Crippen molar-refractivity contribution in [2.45, 2.75) is 0 Å². The normalized spacial score (nSPS) is 10.8. The molecule has 232 valence electrons. The predicted octanol–water partition coefficient (Wildman–Crippen LogP) is 9.47. The van der Waals surface area contributed by atoms with E-state index in [9.17, 15) is 19.8 Å². The quantitative estimate of drug-likeness (QED) is 0.159. The van der Waals surface area contributed by atoms with Gasteiger partial charge in [0.15, 0.2) is 0 Å². The van der Waals surface area contributed by atoms with E-state index in [1.54, 1.807) is 17.5 Å². The van der Waals surface area contributed by atoms with Crippen molar-refractivity contribution < 1.29 is 19.8 Å². The number of anilines is 3. The van der Waals surface area contributed by atoms with Crippen LogP contribution in [0, 0.1) is 0 Å². The maximum absolute atomic E-state index is 12.0. The SMILES string of the molecule is O=C(O)c1ccnc(-c2cc(C(=O)O)cc(-c3cc(-c4ccc(-c5ccc(N(c6ccccc6)c6ccccc6)cc5)s4)ccn3)n2)c1. The molecule has 0 aliphatic heterocycles. The summed E-state index contributed by atoms with van der Waals surface area (Å²) in [5.41, 5.74) is 6.50. The Bertz CT molecular complexity index is 2220. The van der Waals surface area contributed by atoms with Crippen molar-refractivity contribution in [2.24, 2.45) is 0 Å². The molecule has 0 saturated carbocycles. The molecule has 48 heavy (non-hydrogen) atoms. The second-order valence-corrected chi connectivity index (χ2v) is 11.9. The summed E-state index contributed by atoms with van der Waals surface area (Å²) in [4.78, 5) is 41.2. The molecule has 9 heteroatoms. The topological polar surface area (TPSA) is 117 Å². The van der Waals surface area contributed by atoms with E-state index in [1.807, 2.05) is 48.5 Å². The number of carbonyl (C=O) groups is 2. The summed E-state index contributed by atoms with van der Waals surface area (Å²) in [5, 5.41) is 19.2. The molecule has 7 rings (SSSR count). The zero-order valence-corrected chi connectivity index (χ0v) is 26.1. The molecular weight excluding hydrogens is 621 g/mol. The number of pyridine rings is 3. The van der Waals surface area contributed by atoms with Gasteiger partial charge in [0.1, 0.15) is 0 Å². The summed E-state index contributed by atoms with van der Waals surface area (Å²) in [6.07, 6.45) is 3.02. The van der Waals surface area contributed by atoms with Crippen LogP contribution < -0.4 is 4.90 Å². The number of thiophene rings is 1. The predicted molar refractivity (Wildman–Crippen MR) is 188 cm³/mol. The number of aromatic carboxylic acids is 2. The van der Waals surface area contributed by atoms with Crippen LogP contribution in [0.2, 0.25) is 0 Å². The summed E-state index contributed by atoms with van der Waals surface area (Å²) >= 11 is 1.64. The van der Waals surface area contributed by atoms with Crippen LogP contribution in [0.4, 0.5) is 17.1 Å². The van der Waals surface area contributed by atoms with Crippen LogP contribution in [0.5, 0.6) is 0 Å². The number of aromatic nitrogens is 3. The highest BCUT2D eigenvalue weighted by Gasteiger charge is 2.16. The smallest absolute Gasteiger partial charge is 0.335 e. The average Bonchev–Trinajstić information content (AvgIpc) is 3.64. The Kier molecular flexibility index (Phi) is 8.25. The summed E-state index contributed by atoms with van der Waals surface area (Å²) in [6, 6.07) is 42.5. The molecule has 0 spiro atoms. The summed E-state index contributed by atoms with van der Waals surface area (Å²) in [5.74, 6) is -2.26. The molecule has 0 amide bonds. The van der Waals surface area contributed by atoms with Crippen LogP contribution in [-0.4, -0.2) is 37.1 Å². The van der Waals surface area contributed by atoms with Crippen molar-refractivity contribution in [1.82, 2.24) is 15.0 Å². The van der Waals surface area contributed by atoms with Gasteiger partial charge < -0.3 is 15.1 Å². The number of carboxylic acid groups (broad SMARTS) is 2. The third kappa shape index (κ3) is 6.31. The minimum Gasteiger partial charge on any atom is -0.478 e. The van der Waals surface area contributed by atoms with E-state index in [0.717, 1.165) is 37.9 Å². The monoisotopic (exact) mass is 646 g/mol. The van der Waals surface area contributed by atoms with Gasteiger partial charge in [-0.2, -0.15) is 0 Å². The summed E-state index contributed by atoms with van der Waals surface area (Å²) in [7, 11) is 0. The Morgan fingerprint density at radius 1 is 0.500 bits per heavy atom. The van der Waals surface area contributed by atoms with Gasteiger partial charge in [0, 0.05) is 39.2 Å². The molecule has 4 aromatic heterocycles. The minimum atomic E-state index is -1.14. The van der Waals surface area contributed by atoms with E-state index in [4.69, 9.17) is 0 Å². The first-order chi connectivity index (χ1) is 23.4. The second kappa shape index (κ2) is 13.1. The second-order valence-electron chi connectivity index (χ2n) is 10.8. The summed E-state index contributed by atoms with van der Waals surface area (Å²) < 4.78 is 0. The van der Waals surface area contributed by atoms with E-state index in [2.05, 4.69) is 80.5 Å². The molecule has 7 aromatic rings. The van der Waals surface area contributed by atoms with Crippen molar-refractivity contribution in [3.63, 3.8) is 0 Å². The first kappa shape index (κ1) is 30.2. The number of para-hydroxylation sites is 2. The number of carboxylic acids is 2. The molecule has 0 radical (unpaired) electrons. The van der Waals surface area contributed by atoms with Gasteiger partial charge in [0.2, 0.25) is 0 Å². The third-order valence-electron chi connectivity index (χ3n) is 7.69. The number of rotatable bonds is 9. The molecule has 0 atom stereocenters. The highest BCUT2D eigenvalue weighted by Crippen LogP contribution is 2.39. The van der Waals surface area contributed by atoms with E-state index < -0.39 is 11.9 Å². The fourth-order valence-corrected chi connectivity index (χ4v) is 6.38. The van der Waals surface area contributed by atoms with Gasteiger partial charge >= 0.3 is 11.9 Å². The lowest BCUT2D eigenvalue weighted by atomic mass is 10.1. The number of hydrogen-bond donors (Lipinski definition) is 2. The summed E-state index contributed by atoms with van der Waals surface area (Å²) in [6.45, 7) is 0. The lowest BCUT2D eigenvalue weighted by Crippen LogP contribution is -2.09. The van der Waals surface area contributed by atoms with Gasteiger partial charge in [-0.05, 0) is 96.1 Å². The first-order valence-corrected chi connectivity index (χ1v) is 15.8. The van der Waals surface area contributed by atoms with Crippen LogP contribution in [0.15, 0.2) is 146 Å². The fourth-order valence-electron chi connectivity index (χ4n) is 5.37.